The number of methoxy groups -OCH3 is 1. The lowest BCUT2D eigenvalue weighted by atomic mass is 9.78. The molecule has 13 heavy (non-hydrogen) atoms. The first kappa shape index (κ1) is 9.03. The Morgan fingerprint density at radius 1 is 1.69 bits per heavy atom. The van der Waals surface area contributed by atoms with E-state index >= 15 is 0 Å². The molecule has 1 N–H and O–H groups in total. The van der Waals surface area contributed by atoms with Crippen LogP contribution in [0, 0.1) is 5.92 Å². The largest absolute Gasteiger partial charge is 0.468 e. The third-order valence-corrected chi connectivity index (χ3v) is 3.30. The fraction of sp³-hybridized carbons (Fsp3) is 0.667. The minimum Gasteiger partial charge on any atom is -0.468 e. The Bertz CT molecular complexity index is 266. The van der Waals surface area contributed by atoms with Crippen molar-refractivity contribution in [2.75, 3.05) is 13.7 Å². The summed E-state index contributed by atoms with van der Waals surface area (Å²) >= 11 is 6.23. The van der Waals surface area contributed by atoms with Crippen molar-refractivity contribution in [1.82, 2.24) is 5.32 Å². The molecule has 3 unspecified atom stereocenters. The molecule has 2 heterocycles. The molecule has 0 aromatic heterocycles. The molecule has 2 bridgehead atoms. The van der Waals surface area contributed by atoms with E-state index in [1.165, 1.54) is 7.11 Å². The summed E-state index contributed by atoms with van der Waals surface area (Å²) in [4.78, 5) is 10.6. The van der Waals surface area contributed by atoms with E-state index in [1.54, 1.807) is 0 Å². The van der Waals surface area contributed by atoms with Crippen molar-refractivity contribution in [2.45, 2.75) is 17.3 Å². The summed E-state index contributed by atoms with van der Waals surface area (Å²) in [6, 6.07) is -0.0772. The normalized spacial score (nSPS) is 42.0. The lowest BCUT2D eigenvalue weighted by Gasteiger charge is -2.42. The molecule has 1 saturated heterocycles. The van der Waals surface area contributed by atoms with Gasteiger partial charge in [-0.1, -0.05) is 12.2 Å². The number of carbonyl (C=O) groups excluding carboxylic acids is 1. The van der Waals surface area contributed by atoms with Gasteiger partial charge in [0.15, 0.2) is 4.87 Å². The monoisotopic (exact) mass is 201 g/mol. The summed E-state index contributed by atoms with van der Waals surface area (Å²) in [5.41, 5.74) is 0. The number of esters is 1. The molecule has 0 aromatic rings. The number of alkyl halides is 1. The van der Waals surface area contributed by atoms with E-state index in [0.717, 1.165) is 6.54 Å². The molecule has 0 saturated carbocycles. The SMILES string of the molecule is COC(=O)C1(Cl)CC2C=CC1NC2. The highest BCUT2D eigenvalue weighted by Gasteiger charge is 2.50. The number of halogens is 1. The molecule has 1 aliphatic carbocycles. The van der Waals surface area contributed by atoms with Gasteiger partial charge in [-0.3, -0.25) is 4.79 Å². The zero-order valence-corrected chi connectivity index (χ0v) is 8.17. The fourth-order valence-electron chi connectivity index (χ4n) is 2.03. The predicted octanol–water partition coefficient (Wildman–Crippen LogP) is 0.685. The molecular weight excluding hydrogens is 190 g/mol. The Morgan fingerprint density at radius 2 is 2.46 bits per heavy atom. The summed E-state index contributed by atoms with van der Waals surface area (Å²) in [7, 11) is 1.37. The van der Waals surface area contributed by atoms with Gasteiger partial charge in [-0.15, -0.1) is 11.6 Å². The van der Waals surface area contributed by atoms with Crippen molar-refractivity contribution in [1.29, 1.82) is 0 Å². The molecule has 2 aliphatic heterocycles. The average Bonchev–Trinajstić information content (AvgIpc) is 2.18. The molecule has 72 valence electrons. The van der Waals surface area contributed by atoms with Crippen molar-refractivity contribution in [3.05, 3.63) is 12.2 Å². The van der Waals surface area contributed by atoms with Crippen LogP contribution in [0.4, 0.5) is 0 Å². The molecule has 3 atom stereocenters. The second-order valence-electron chi connectivity index (χ2n) is 3.59. The smallest absolute Gasteiger partial charge is 0.328 e. The number of nitrogens with one attached hydrogen (secondary N) is 1. The molecule has 3 rings (SSSR count). The Hall–Kier alpha value is -0.540. The van der Waals surface area contributed by atoms with Gasteiger partial charge in [-0.05, 0) is 12.3 Å². The molecule has 4 heteroatoms. The Kier molecular flexibility index (Phi) is 2.08. The van der Waals surface area contributed by atoms with E-state index in [2.05, 4.69) is 11.4 Å². The van der Waals surface area contributed by atoms with Crippen LogP contribution in [0.1, 0.15) is 6.42 Å². The van der Waals surface area contributed by atoms with Gasteiger partial charge in [0.2, 0.25) is 0 Å². The molecular formula is C9H12ClNO2. The van der Waals surface area contributed by atoms with Crippen LogP contribution in [-0.2, 0) is 9.53 Å². The topological polar surface area (TPSA) is 38.3 Å². The van der Waals surface area contributed by atoms with E-state index in [4.69, 9.17) is 16.3 Å². The second-order valence-corrected chi connectivity index (χ2v) is 4.26. The Morgan fingerprint density at radius 3 is 2.85 bits per heavy atom. The van der Waals surface area contributed by atoms with Gasteiger partial charge < -0.3 is 10.1 Å². The van der Waals surface area contributed by atoms with Crippen LogP contribution in [0.15, 0.2) is 12.2 Å². The van der Waals surface area contributed by atoms with E-state index in [0.29, 0.717) is 12.3 Å². The molecule has 1 fully saturated rings. The number of piperidine rings is 1. The standard InChI is InChI=1S/C9H12ClNO2/c1-13-8(12)9(10)4-6-2-3-7(9)11-5-6/h2-3,6-7,11H,4-5H2,1H3. The summed E-state index contributed by atoms with van der Waals surface area (Å²) in [5.74, 6) is 0.0299. The van der Waals surface area contributed by atoms with Crippen molar-refractivity contribution in [2.24, 2.45) is 5.92 Å². The van der Waals surface area contributed by atoms with Crippen LogP contribution in [0.2, 0.25) is 0 Å². The van der Waals surface area contributed by atoms with Gasteiger partial charge in [0.05, 0.1) is 13.2 Å². The minimum atomic E-state index is -0.883. The van der Waals surface area contributed by atoms with Crippen LogP contribution in [0.5, 0.6) is 0 Å². The molecule has 3 aliphatic rings. The number of ether oxygens (including phenoxy) is 1. The second kappa shape index (κ2) is 3.00. The van der Waals surface area contributed by atoms with Crippen LogP contribution < -0.4 is 5.32 Å². The van der Waals surface area contributed by atoms with Gasteiger partial charge in [0, 0.05) is 6.54 Å². The zero-order chi connectivity index (χ0) is 9.47. The third kappa shape index (κ3) is 1.27. The maximum absolute atomic E-state index is 11.5. The Labute approximate surface area is 82.1 Å². The maximum Gasteiger partial charge on any atom is 0.328 e. The van der Waals surface area contributed by atoms with E-state index in [9.17, 15) is 4.79 Å². The van der Waals surface area contributed by atoms with Crippen LogP contribution in [0.3, 0.4) is 0 Å². The first-order chi connectivity index (χ1) is 6.16. The lowest BCUT2D eigenvalue weighted by molar-refractivity contribution is -0.145. The van der Waals surface area contributed by atoms with E-state index in [1.807, 2.05) is 6.08 Å². The molecule has 0 radical (unpaired) electrons. The summed E-state index contributed by atoms with van der Waals surface area (Å²) < 4.78 is 4.70. The van der Waals surface area contributed by atoms with Crippen LogP contribution in [-0.4, -0.2) is 30.5 Å². The van der Waals surface area contributed by atoms with Crippen molar-refractivity contribution < 1.29 is 9.53 Å². The van der Waals surface area contributed by atoms with E-state index < -0.39 is 4.87 Å². The first-order valence-electron chi connectivity index (χ1n) is 4.36. The summed E-state index contributed by atoms with van der Waals surface area (Å²) in [6.45, 7) is 0.909. The Balaban J connectivity index is 2.25. The van der Waals surface area contributed by atoms with Crippen molar-refractivity contribution in [3.8, 4) is 0 Å². The predicted molar refractivity (Wildman–Crippen MR) is 49.6 cm³/mol. The number of carbonyl (C=O) groups is 1. The van der Waals surface area contributed by atoms with Gasteiger partial charge >= 0.3 is 5.97 Å². The van der Waals surface area contributed by atoms with Gasteiger partial charge in [0.25, 0.3) is 0 Å². The molecule has 0 spiro atoms. The molecule has 3 nitrogen and oxygen atoms in total. The van der Waals surface area contributed by atoms with Gasteiger partial charge in [-0.25, -0.2) is 0 Å². The van der Waals surface area contributed by atoms with Gasteiger partial charge in [0.1, 0.15) is 0 Å². The zero-order valence-electron chi connectivity index (χ0n) is 7.42. The number of hydrogen-bond donors (Lipinski definition) is 1. The lowest BCUT2D eigenvalue weighted by Crippen LogP contribution is -2.60. The third-order valence-electron chi connectivity index (χ3n) is 2.75. The van der Waals surface area contributed by atoms with Crippen LogP contribution >= 0.6 is 11.6 Å². The average molecular weight is 202 g/mol. The highest BCUT2D eigenvalue weighted by molar-refractivity contribution is 6.35. The highest BCUT2D eigenvalue weighted by atomic mass is 35.5. The quantitative estimate of drug-likeness (QED) is 0.385. The number of rotatable bonds is 1. The summed E-state index contributed by atoms with van der Waals surface area (Å²) in [5, 5.41) is 3.20. The highest BCUT2D eigenvalue weighted by Crippen LogP contribution is 2.38. The van der Waals surface area contributed by atoms with Crippen molar-refractivity contribution >= 4 is 17.6 Å². The van der Waals surface area contributed by atoms with Gasteiger partial charge in [-0.2, -0.15) is 0 Å². The number of fused-ring (bicyclic) bond motifs is 2. The summed E-state index contributed by atoms with van der Waals surface area (Å²) in [6.07, 6.45) is 4.75. The molecule has 0 aromatic carbocycles. The van der Waals surface area contributed by atoms with Crippen molar-refractivity contribution in [3.63, 3.8) is 0 Å². The fourth-order valence-corrected chi connectivity index (χ4v) is 2.45. The minimum absolute atomic E-state index is 0.0772. The maximum atomic E-state index is 11.5. The van der Waals surface area contributed by atoms with Crippen LogP contribution in [0.25, 0.3) is 0 Å². The first-order valence-corrected chi connectivity index (χ1v) is 4.73. The molecule has 0 amide bonds. The van der Waals surface area contributed by atoms with E-state index in [-0.39, 0.29) is 12.0 Å². The number of hydrogen-bond acceptors (Lipinski definition) is 3.